The standard InChI is InChI=1S/C10H6Br2F4/c11-8-2-1-6(5-9(8)12)7(3-4-13)10(14,15)16/h1-5,7H/b4-3-. The number of alkyl halides is 3. The number of halogens is 6. The normalized spacial score (nSPS) is 14.4. The van der Waals surface area contributed by atoms with E-state index in [1.807, 2.05) is 0 Å². The Morgan fingerprint density at radius 3 is 2.19 bits per heavy atom. The Morgan fingerprint density at radius 1 is 1.12 bits per heavy atom. The summed E-state index contributed by atoms with van der Waals surface area (Å²) in [4.78, 5) is 0. The van der Waals surface area contributed by atoms with Gasteiger partial charge in [-0.15, -0.1) is 0 Å². The molecule has 1 rings (SSSR count). The Kier molecular flexibility index (Phi) is 4.55. The molecule has 0 aliphatic carbocycles. The first-order valence-corrected chi connectivity index (χ1v) is 5.73. The lowest BCUT2D eigenvalue weighted by atomic mass is 9.99. The number of allylic oxidation sites excluding steroid dienone is 1. The molecule has 88 valence electrons. The highest BCUT2D eigenvalue weighted by molar-refractivity contribution is 9.13. The van der Waals surface area contributed by atoms with Crippen LogP contribution in [0.2, 0.25) is 0 Å². The van der Waals surface area contributed by atoms with Crippen LogP contribution in [-0.4, -0.2) is 6.18 Å². The first-order chi connectivity index (χ1) is 7.36. The quantitative estimate of drug-likeness (QED) is 0.623. The first-order valence-electron chi connectivity index (χ1n) is 4.15. The van der Waals surface area contributed by atoms with Crippen molar-refractivity contribution in [2.75, 3.05) is 0 Å². The predicted octanol–water partition coefficient (Wildman–Crippen LogP) is 5.34. The van der Waals surface area contributed by atoms with Crippen molar-refractivity contribution in [1.29, 1.82) is 0 Å². The summed E-state index contributed by atoms with van der Waals surface area (Å²) in [6.45, 7) is 0. The largest absolute Gasteiger partial charge is 0.399 e. The third-order valence-corrected chi connectivity index (χ3v) is 3.80. The monoisotopic (exact) mass is 360 g/mol. The van der Waals surface area contributed by atoms with E-state index in [-0.39, 0.29) is 11.9 Å². The maximum absolute atomic E-state index is 12.6. The fourth-order valence-electron chi connectivity index (χ4n) is 1.19. The fraction of sp³-hybridized carbons (Fsp3) is 0.200. The third-order valence-electron chi connectivity index (χ3n) is 1.92. The maximum atomic E-state index is 12.6. The summed E-state index contributed by atoms with van der Waals surface area (Å²) in [6, 6.07) is 4.08. The molecule has 1 atom stereocenters. The van der Waals surface area contributed by atoms with Gasteiger partial charge in [0.15, 0.2) is 0 Å². The average Bonchev–Trinajstić information content (AvgIpc) is 2.17. The molecule has 0 aromatic heterocycles. The van der Waals surface area contributed by atoms with Gasteiger partial charge in [-0.05, 0) is 55.6 Å². The minimum atomic E-state index is -4.50. The maximum Gasteiger partial charge on any atom is 0.399 e. The zero-order chi connectivity index (χ0) is 12.3. The molecule has 0 heterocycles. The van der Waals surface area contributed by atoms with Crippen LogP contribution in [0.15, 0.2) is 39.6 Å². The second kappa shape index (κ2) is 5.31. The minimum absolute atomic E-state index is 0.0172. The molecule has 0 fully saturated rings. The molecule has 1 aromatic rings. The van der Waals surface area contributed by atoms with Gasteiger partial charge >= 0.3 is 6.18 Å². The lowest BCUT2D eigenvalue weighted by Gasteiger charge is -2.17. The van der Waals surface area contributed by atoms with Crippen molar-refractivity contribution < 1.29 is 17.6 Å². The second-order valence-corrected chi connectivity index (χ2v) is 4.72. The summed E-state index contributed by atoms with van der Waals surface area (Å²) in [5.74, 6) is -1.93. The Bertz CT molecular complexity index is 398. The van der Waals surface area contributed by atoms with E-state index in [2.05, 4.69) is 31.9 Å². The average molecular weight is 362 g/mol. The smallest absolute Gasteiger partial charge is 0.216 e. The van der Waals surface area contributed by atoms with E-state index in [0.717, 1.165) is 0 Å². The van der Waals surface area contributed by atoms with Crippen molar-refractivity contribution in [3.8, 4) is 0 Å². The van der Waals surface area contributed by atoms with Gasteiger partial charge < -0.3 is 0 Å². The SMILES string of the molecule is F/C=C\C(c1ccc(Br)c(Br)c1)C(F)(F)F. The molecule has 1 unspecified atom stereocenters. The zero-order valence-electron chi connectivity index (χ0n) is 7.73. The Balaban J connectivity index is 3.17. The Labute approximate surface area is 107 Å². The predicted molar refractivity (Wildman–Crippen MR) is 60.9 cm³/mol. The van der Waals surface area contributed by atoms with Crippen molar-refractivity contribution >= 4 is 31.9 Å². The molecule has 0 aliphatic rings. The van der Waals surface area contributed by atoms with Crippen LogP contribution in [0.5, 0.6) is 0 Å². The molecule has 0 saturated carbocycles. The number of benzene rings is 1. The van der Waals surface area contributed by atoms with E-state index in [0.29, 0.717) is 15.0 Å². The van der Waals surface area contributed by atoms with Crippen LogP contribution in [0.25, 0.3) is 0 Å². The van der Waals surface area contributed by atoms with Crippen molar-refractivity contribution in [2.24, 2.45) is 0 Å². The van der Waals surface area contributed by atoms with Crippen molar-refractivity contribution in [1.82, 2.24) is 0 Å². The molecule has 0 saturated heterocycles. The topological polar surface area (TPSA) is 0 Å². The summed E-state index contributed by atoms with van der Waals surface area (Å²) < 4.78 is 50.8. The van der Waals surface area contributed by atoms with Crippen LogP contribution in [0.4, 0.5) is 17.6 Å². The van der Waals surface area contributed by atoms with Gasteiger partial charge in [-0.1, -0.05) is 6.07 Å². The molecule has 1 aromatic carbocycles. The lowest BCUT2D eigenvalue weighted by molar-refractivity contribution is -0.139. The molecule has 6 heteroatoms. The van der Waals surface area contributed by atoms with Crippen LogP contribution in [-0.2, 0) is 0 Å². The van der Waals surface area contributed by atoms with Gasteiger partial charge in [0.05, 0.1) is 6.33 Å². The number of rotatable bonds is 2. The van der Waals surface area contributed by atoms with Gasteiger partial charge in [-0.25, -0.2) is 4.39 Å². The number of hydrogen-bond acceptors (Lipinski definition) is 0. The minimum Gasteiger partial charge on any atom is -0.216 e. The molecule has 0 radical (unpaired) electrons. The molecule has 0 amide bonds. The summed E-state index contributed by atoms with van der Waals surface area (Å²) in [5.41, 5.74) is -0.0172. The van der Waals surface area contributed by atoms with Gasteiger partial charge in [0.1, 0.15) is 5.92 Å². The van der Waals surface area contributed by atoms with E-state index in [1.54, 1.807) is 0 Å². The van der Waals surface area contributed by atoms with Gasteiger partial charge in [-0.2, -0.15) is 13.2 Å². The molecule has 0 aliphatic heterocycles. The summed E-state index contributed by atoms with van der Waals surface area (Å²) in [7, 11) is 0. The molecule has 0 nitrogen and oxygen atoms in total. The third kappa shape index (κ3) is 3.31. The molecular weight excluding hydrogens is 356 g/mol. The van der Waals surface area contributed by atoms with E-state index in [9.17, 15) is 17.6 Å². The Hall–Kier alpha value is -0.360. The van der Waals surface area contributed by atoms with Crippen molar-refractivity contribution in [2.45, 2.75) is 12.1 Å². The van der Waals surface area contributed by atoms with Gasteiger partial charge in [0.25, 0.3) is 0 Å². The second-order valence-electron chi connectivity index (χ2n) is 3.01. The highest BCUT2D eigenvalue weighted by Gasteiger charge is 2.39. The molecular formula is C10H6Br2F4. The molecule has 0 spiro atoms. The van der Waals surface area contributed by atoms with Gasteiger partial charge in [0, 0.05) is 8.95 Å². The van der Waals surface area contributed by atoms with E-state index < -0.39 is 12.1 Å². The number of hydrogen-bond donors (Lipinski definition) is 0. The molecule has 0 N–H and O–H groups in total. The van der Waals surface area contributed by atoms with Crippen LogP contribution in [0.1, 0.15) is 11.5 Å². The summed E-state index contributed by atoms with van der Waals surface area (Å²) >= 11 is 6.25. The van der Waals surface area contributed by atoms with E-state index >= 15 is 0 Å². The highest BCUT2D eigenvalue weighted by atomic mass is 79.9. The first kappa shape index (κ1) is 13.7. The zero-order valence-corrected chi connectivity index (χ0v) is 10.9. The van der Waals surface area contributed by atoms with Gasteiger partial charge in [0.2, 0.25) is 0 Å². The lowest BCUT2D eigenvalue weighted by Crippen LogP contribution is -2.18. The van der Waals surface area contributed by atoms with Crippen molar-refractivity contribution in [3.63, 3.8) is 0 Å². The van der Waals surface area contributed by atoms with Gasteiger partial charge in [-0.3, -0.25) is 0 Å². The van der Waals surface area contributed by atoms with E-state index in [1.165, 1.54) is 18.2 Å². The fourth-order valence-corrected chi connectivity index (χ4v) is 1.83. The van der Waals surface area contributed by atoms with E-state index in [4.69, 9.17) is 0 Å². The summed E-state index contributed by atoms with van der Waals surface area (Å²) in [5, 5.41) is 0. The Morgan fingerprint density at radius 2 is 1.75 bits per heavy atom. The highest BCUT2D eigenvalue weighted by Crippen LogP contribution is 2.38. The van der Waals surface area contributed by atoms with Crippen molar-refractivity contribution in [3.05, 3.63) is 45.1 Å². The van der Waals surface area contributed by atoms with Crippen LogP contribution in [0.3, 0.4) is 0 Å². The molecule has 16 heavy (non-hydrogen) atoms. The molecule has 0 bridgehead atoms. The van der Waals surface area contributed by atoms with Crippen LogP contribution in [0, 0.1) is 0 Å². The van der Waals surface area contributed by atoms with Crippen LogP contribution < -0.4 is 0 Å². The summed E-state index contributed by atoms with van der Waals surface area (Å²) in [6.07, 6.45) is -4.11. The van der Waals surface area contributed by atoms with Crippen LogP contribution >= 0.6 is 31.9 Å².